The highest BCUT2D eigenvalue weighted by molar-refractivity contribution is 6.31. The van der Waals surface area contributed by atoms with Gasteiger partial charge in [-0.1, -0.05) is 31.5 Å². The number of anilines is 1. The molecular weight excluding hydrogens is 364 g/mol. The number of rotatable bonds is 5. The Morgan fingerprint density at radius 1 is 1.30 bits per heavy atom. The molecular formula is C20H21ClN4O2. The molecule has 0 fully saturated rings. The van der Waals surface area contributed by atoms with Gasteiger partial charge in [0.1, 0.15) is 5.75 Å². The molecule has 7 heteroatoms. The number of carbonyl (C=O) groups is 1. The summed E-state index contributed by atoms with van der Waals surface area (Å²) in [6.45, 7) is 5.90. The van der Waals surface area contributed by atoms with E-state index in [0.717, 1.165) is 11.3 Å². The molecule has 1 N–H and O–H groups in total. The third-order valence-electron chi connectivity index (χ3n) is 4.19. The molecule has 0 spiro atoms. The molecule has 0 saturated carbocycles. The van der Waals surface area contributed by atoms with Gasteiger partial charge in [0.25, 0.3) is 5.91 Å². The minimum absolute atomic E-state index is 0.0732. The van der Waals surface area contributed by atoms with E-state index in [1.165, 1.54) is 7.11 Å². The van der Waals surface area contributed by atoms with Crippen LogP contribution in [-0.4, -0.2) is 27.8 Å². The average Bonchev–Trinajstić information content (AvgIpc) is 3.10. The van der Waals surface area contributed by atoms with Crippen molar-refractivity contribution in [3.8, 4) is 11.6 Å². The van der Waals surface area contributed by atoms with Gasteiger partial charge in [0.2, 0.25) is 0 Å². The number of amides is 1. The van der Waals surface area contributed by atoms with E-state index in [1.54, 1.807) is 29.2 Å². The zero-order valence-corrected chi connectivity index (χ0v) is 16.4. The summed E-state index contributed by atoms with van der Waals surface area (Å²) < 4.78 is 7.04. The molecule has 27 heavy (non-hydrogen) atoms. The number of carbonyl (C=O) groups excluding carboxylic acids is 1. The Morgan fingerprint density at radius 3 is 2.70 bits per heavy atom. The lowest BCUT2D eigenvalue weighted by Crippen LogP contribution is -2.16. The fourth-order valence-electron chi connectivity index (χ4n) is 2.87. The van der Waals surface area contributed by atoms with Crippen LogP contribution in [0, 0.1) is 6.92 Å². The minimum atomic E-state index is -0.263. The maximum Gasteiger partial charge on any atom is 0.259 e. The second kappa shape index (κ2) is 7.80. The zero-order chi connectivity index (χ0) is 19.6. The molecule has 0 unspecified atom stereocenters. The van der Waals surface area contributed by atoms with Crippen LogP contribution in [0.2, 0.25) is 5.02 Å². The molecule has 0 aliphatic heterocycles. The highest BCUT2D eigenvalue weighted by Gasteiger charge is 2.22. The average molecular weight is 385 g/mol. The molecule has 1 aromatic carbocycles. The summed E-state index contributed by atoms with van der Waals surface area (Å²) in [6, 6.07) is 9.05. The van der Waals surface area contributed by atoms with Crippen LogP contribution in [0.1, 0.15) is 41.4 Å². The lowest BCUT2D eigenvalue weighted by molar-refractivity contribution is 0.102. The van der Waals surface area contributed by atoms with E-state index in [9.17, 15) is 4.79 Å². The van der Waals surface area contributed by atoms with Crippen LogP contribution in [0.4, 0.5) is 5.69 Å². The first-order valence-electron chi connectivity index (χ1n) is 8.57. The predicted molar refractivity (Wildman–Crippen MR) is 106 cm³/mol. The van der Waals surface area contributed by atoms with Gasteiger partial charge in [-0.2, -0.15) is 5.10 Å². The van der Waals surface area contributed by atoms with Crippen molar-refractivity contribution in [1.82, 2.24) is 14.8 Å². The smallest absolute Gasteiger partial charge is 0.259 e. The zero-order valence-electron chi connectivity index (χ0n) is 15.7. The molecule has 0 bridgehead atoms. The van der Waals surface area contributed by atoms with E-state index in [-0.39, 0.29) is 11.8 Å². The number of ether oxygens (including phenoxy) is 1. The Hall–Kier alpha value is -2.86. The SMILES string of the molecule is COc1cc(Cl)c(C)cc1NC(=O)c1cnn(-c2ccccn2)c1C(C)C. The van der Waals surface area contributed by atoms with E-state index in [4.69, 9.17) is 16.3 Å². The number of pyridine rings is 1. The second-order valence-corrected chi connectivity index (χ2v) is 6.86. The van der Waals surface area contributed by atoms with Crippen LogP contribution in [0.5, 0.6) is 5.75 Å². The number of halogens is 1. The molecule has 0 aliphatic carbocycles. The lowest BCUT2D eigenvalue weighted by Gasteiger charge is -2.14. The van der Waals surface area contributed by atoms with Crippen LogP contribution in [-0.2, 0) is 0 Å². The van der Waals surface area contributed by atoms with Crippen LogP contribution in [0.25, 0.3) is 5.82 Å². The summed E-state index contributed by atoms with van der Waals surface area (Å²) in [5.41, 5.74) is 2.69. The number of methoxy groups -OCH3 is 1. The maximum absolute atomic E-state index is 13.0. The van der Waals surface area contributed by atoms with Crippen molar-refractivity contribution in [1.29, 1.82) is 0 Å². The first kappa shape index (κ1) is 18.9. The van der Waals surface area contributed by atoms with Crippen LogP contribution in [0.3, 0.4) is 0 Å². The van der Waals surface area contributed by atoms with Gasteiger partial charge in [-0.3, -0.25) is 4.79 Å². The van der Waals surface area contributed by atoms with Crippen molar-refractivity contribution in [2.45, 2.75) is 26.7 Å². The molecule has 0 aliphatic rings. The molecule has 0 radical (unpaired) electrons. The number of aromatic nitrogens is 3. The standard InChI is InChI=1S/C20H21ClN4O2/c1-12(2)19-14(11-23-25(19)18-7-5-6-8-22-18)20(26)24-16-9-13(3)15(21)10-17(16)27-4/h5-12H,1-4H3,(H,24,26). The summed E-state index contributed by atoms with van der Waals surface area (Å²) in [5, 5.41) is 7.87. The molecule has 140 valence electrons. The van der Waals surface area contributed by atoms with Crippen LogP contribution in [0.15, 0.2) is 42.7 Å². The highest BCUT2D eigenvalue weighted by Crippen LogP contribution is 2.32. The third-order valence-corrected chi connectivity index (χ3v) is 4.60. The highest BCUT2D eigenvalue weighted by atomic mass is 35.5. The summed E-state index contributed by atoms with van der Waals surface area (Å²) >= 11 is 6.14. The predicted octanol–water partition coefficient (Wildman–Crippen LogP) is 4.61. The number of hydrogen-bond donors (Lipinski definition) is 1. The Labute approximate surface area is 163 Å². The van der Waals surface area contributed by atoms with Gasteiger partial charge < -0.3 is 10.1 Å². The number of benzene rings is 1. The van der Waals surface area contributed by atoms with E-state index in [0.29, 0.717) is 27.8 Å². The fourth-order valence-corrected chi connectivity index (χ4v) is 3.02. The van der Waals surface area contributed by atoms with Crippen molar-refractivity contribution < 1.29 is 9.53 Å². The van der Waals surface area contributed by atoms with Gasteiger partial charge in [0.05, 0.1) is 30.3 Å². The molecule has 0 atom stereocenters. The van der Waals surface area contributed by atoms with E-state index in [2.05, 4.69) is 15.4 Å². The Balaban J connectivity index is 1.99. The summed E-state index contributed by atoms with van der Waals surface area (Å²) in [4.78, 5) is 17.3. The molecule has 3 aromatic rings. The largest absolute Gasteiger partial charge is 0.495 e. The Kier molecular flexibility index (Phi) is 5.46. The fraction of sp³-hybridized carbons (Fsp3) is 0.250. The molecule has 0 saturated heterocycles. The minimum Gasteiger partial charge on any atom is -0.495 e. The van der Waals surface area contributed by atoms with Crippen LogP contribution >= 0.6 is 11.6 Å². The van der Waals surface area contributed by atoms with Crippen molar-refractivity contribution in [3.63, 3.8) is 0 Å². The van der Waals surface area contributed by atoms with Crippen molar-refractivity contribution in [3.05, 3.63) is 64.6 Å². The second-order valence-electron chi connectivity index (χ2n) is 6.45. The topological polar surface area (TPSA) is 69.0 Å². The van der Waals surface area contributed by atoms with E-state index in [1.807, 2.05) is 39.0 Å². The first-order chi connectivity index (χ1) is 12.9. The lowest BCUT2D eigenvalue weighted by atomic mass is 10.0. The van der Waals surface area contributed by atoms with Gasteiger partial charge >= 0.3 is 0 Å². The molecule has 3 rings (SSSR count). The number of nitrogens with zero attached hydrogens (tertiary/aromatic N) is 3. The van der Waals surface area contributed by atoms with E-state index >= 15 is 0 Å². The molecule has 2 heterocycles. The summed E-state index contributed by atoms with van der Waals surface area (Å²) in [7, 11) is 1.54. The quantitative estimate of drug-likeness (QED) is 0.697. The molecule has 6 nitrogen and oxygen atoms in total. The van der Waals surface area contributed by atoms with Crippen molar-refractivity contribution in [2.75, 3.05) is 12.4 Å². The van der Waals surface area contributed by atoms with E-state index < -0.39 is 0 Å². The van der Waals surface area contributed by atoms with Gasteiger partial charge in [0, 0.05) is 17.3 Å². The summed E-state index contributed by atoms with van der Waals surface area (Å²) in [5.74, 6) is 0.979. The first-order valence-corrected chi connectivity index (χ1v) is 8.95. The van der Waals surface area contributed by atoms with Crippen LogP contribution < -0.4 is 10.1 Å². The van der Waals surface area contributed by atoms with Gasteiger partial charge in [-0.25, -0.2) is 9.67 Å². The van der Waals surface area contributed by atoms with Gasteiger partial charge in [-0.05, 0) is 36.6 Å². The Bertz CT molecular complexity index is 968. The maximum atomic E-state index is 13.0. The monoisotopic (exact) mass is 384 g/mol. The number of aryl methyl sites for hydroxylation is 1. The normalized spacial score (nSPS) is 10.9. The Morgan fingerprint density at radius 2 is 2.07 bits per heavy atom. The van der Waals surface area contributed by atoms with Gasteiger partial charge in [-0.15, -0.1) is 0 Å². The van der Waals surface area contributed by atoms with Gasteiger partial charge in [0.15, 0.2) is 5.82 Å². The molecule has 2 aromatic heterocycles. The van der Waals surface area contributed by atoms with Crippen molar-refractivity contribution in [2.24, 2.45) is 0 Å². The summed E-state index contributed by atoms with van der Waals surface area (Å²) in [6.07, 6.45) is 3.26. The number of hydrogen-bond acceptors (Lipinski definition) is 4. The van der Waals surface area contributed by atoms with Crippen molar-refractivity contribution >= 4 is 23.2 Å². The molecule has 1 amide bonds. The third kappa shape index (κ3) is 3.80. The number of nitrogens with one attached hydrogen (secondary N) is 1.